The summed E-state index contributed by atoms with van der Waals surface area (Å²) in [6, 6.07) is 11.6. The lowest BCUT2D eigenvalue weighted by atomic mass is 9.89. The maximum absolute atomic E-state index is 3.10. The predicted molar refractivity (Wildman–Crippen MR) is 67.1 cm³/mol. The highest BCUT2D eigenvalue weighted by molar-refractivity contribution is 5.18. The fourth-order valence-corrected chi connectivity index (χ4v) is 2.05. The van der Waals surface area contributed by atoms with Gasteiger partial charge >= 0.3 is 0 Å². The molecule has 1 aromatic rings. The highest BCUT2D eigenvalue weighted by Crippen LogP contribution is 2.27. The van der Waals surface area contributed by atoms with Crippen molar-refractivity contribution in [2.24, 2.45) is 0 Å². The van der Waals surface area contributed by atoms with Crippen LogP contribution in [0.3, 0.4) is 0 Å². The van der Waals surface area contributed by atoms with Crippen molar-refractivity contribution in [2.45, 2.75) is 58.3 Å². The molecule has 0 bridgehead atoms. The number of benzene rings is 1. The van der Waals surface area contributed by atoms with Crippen LogP contribution in [0.4, 0.5) is 0 Å². The minimum Gasteiger partial charge on any atom is -0.0654 e. The zero-order valence-corrected chi connectivity index (χ0v) is 10.1. The van der Waals surface area contributed by atoms with Crippen LogP contribution < -0.4 is 0 Å². The van der Waals surface area contributed by atoms with Gasteiger partial charge in [-0.25, -0.2) is 0 Å². The fraction of sp³-hybridized carbons (Fsp3) is 0.600. The van der Waals surface area contributed by atoms with Crippen LogP contribution in [-0.4, -0.2) is 0 Å². The SMILES string of the molecule is CCCCC(CCCC)c1cc[c]cc1. The van der Waals surface area contributed by atoms with Crippen molar-refractivity contribution in [3.8, 4) is 0 Å². The Labute approximate surface area is 94.7 Å². The predicted octanol–water partition coefficient (Wildman–Crippen LogP) is 4.95. The van der Waals surface area contributed by atoms with Crippen LogP contribution in [0.2, 0.25) is 0 Å². The summed E-state index contributed by atoms with van der Waals surface area (Å²) in [5.74, 6) is 0.777. The van der Waals surface area contributed by atoms with Gasteiger partial charge in [0.05, 0.1) is 0 Å². The Hall–Kier alpha value is -0.780. The largest absolute Gasteiger partial charge is 0.0654 e. The van der Waals surface area contributed by atoms with Gasteiger partial charge in [0, 0.05) is 0 Å². The Morgan fingerprint density at radius 2 is 1.53 bits per heavy atom. The Morgan fingerprint density at radius 3 is 2.00 bits per heavy atom. The molecule has 15 heavy (non-hydrogen) atoms. The number of rotatable bonds is 7. The van der Waals surface area contributed by atoms with Crippen LogP contribution in [0.25, 0.3) is 0 Å². The second-order valence-electron chi connectivity index (χ2n) is 4.31. The molecular weight excluding hydrogens is 180 g/mol. The molecule has 0 aliphatic rings. The molecule has 0 atom stereocenters. The molecule has 0 nitrogen and oxygen atoms in total. The maximum Gasteiger partial charge on any atom is -0.0162 e. The second kappa shape index (κ2) is 7.50. The van der Waals surface area contributed by atoms with Gasteiger partial charge in [0.2, 0.25) is 0 Å². The normalized spacial score (nSPS) is 10.9. The van der Waals surface area contributed by atoms with Crippen molar-refractivity contribution in [3.05, 3.63) is 35.9 Å². The molecule has 0 aliphatic heterocycles. The first-order valence-corrected chi connectivity index (χ1v) is 6.34. The van der Waals surface area contributed by atoms with Crippen LogP contribution in [0, 0.1) is 6.07 Å². The van der Waals surface area contributed by atoms with Crippen molar-refractivity contribution < 1.29 is 0 Å². The zero-order valence-electron chi connectivity index (χ0n) is 10.1. The molecule has 0 aromatic heterocycles. The van der Waals surface area contributed by atoms with Gasteiger partial charge in [-0.3, -0.25) is 0 Å². The summed E-state index contributed by atoms with van der Waals surface area (Å²) < 4.78 is 0. The van der Waals surface area contributed by atoms with E-state index in [0.717, 1.165) is 5.92 Å². The second-order valence-corrected chi connectivity index (χ2v) is 4.31. The minimum absolute atomic E-state index is 0.777. The number of hydrogen-bond acceptors (Lipinski definition) is 0. The van der Waals surface area contributed by atoms with E-state index in [9.17, 15) is 0 Å². The Bertz CT molecular complexity index is 229. The number of unbranched alkanes of at least 4 members (excludes halogenated alkanes) is 2. The van der Waals surface area contributed by atoms with Crippen molar-refractivity contribution in [1.82, 2.24) is 0 Å². The van der Waals surface area contributed by atoms with Crippen molar-refractivity contribution in [2.75, 3.05) is 0 Å². The fourth-order valence-electron chi connectivity index (χ4n) is 2.05. The molecule has 0 unspecified atom stereocenters. The van der Waals surface area contributed by atoms with Gasteiger partial charge in [0.25, 0.3) is 0 Å². The highest BCUT2D eigenvalue weighted by atomic mass is 14.1. The van der Waals surface area contributed by atoms with E-state index < -0.39 is 0 Å². The minimum atomic E-state index is 0.777. The van der Waals surface area contributed by atoms with Gasteiger partial charge in [-0.1, -0.05) is 63.8 Å². The molecule has 1 radical (unpaired) electrons. The number of hydrogen-bond donors (Lipinski definition) is 0. The van der Waals surface area contributed by atoms with E-state index in [1.807, 2.05) is 12.1 Å². The van der Waals surface area contributed by atoms with E-state index in [1.54, 1.807) is 0 Å². The Balaban J connectivity index is 2.55. The molecule has 0 aliphatic carbocycles. The monoisotopic (exact) mass is 203 g/mol. The molecule has 0 fully saturated rings. The van der Waals surface area contributed by atoms with Crippen molar-refractivity contribution >= 4 is 0 Å². The topological polar surface area (TPSA) is 0 Å². The third-order valence-corrected chi connectivity index (χ3v) is 3.03. The maximum atomic E-state index is 3.10. The average molecular weight is 203 g/mol. The van der Waals surface area contributed by atoms with Crippen molar-refractivity contribution in [1.29, 1.82) is 0 Å². The van der Waals surface area contributed by atoms with Gasteiger partial charge in [-0.05, 0) is 30.4 Å². The highest BCUT2D eigenvalue weighted by Gasteiger charge is 2.09. The van der Waals surface area contributed by atoms with Gasteiger partial charge in [0.1, 0.15) is 0 Å². The molecule has 1 rings (SSSR count). The first-order chi connectivity index (χ1) is 7.38. The third-order valence-electron chi connectivity index (χ3n) is 3.03. The summed E-state index contributed by atoms with van der Waals surface area (Å²) in [6.45, 7) is 4.55. The Morgan fingerprint density at radius 1 is 1.00 bits per heavy atom. The van der Waals surface area contributed by atoms with Gasteiger partial charge in [-0.15, -0.1) is 0 Å². The quantitative estimate of drug-likeness (QED) is 0.588. The zero-order chi connectivity index (χ0) is 10.9. The molecule has 0 saturated carbocycles. The van der Waals surface area contributed by atoms with E-state index in [0.29, 0.717) is 0 Å². The molecule has 83 valence electrons. The van der Waals surface area contributed by atoms with Crippen LogP contribution in [0.5, 0.6) is 0 Å². The summed E-state index contributed by atoms with van der Waals surface area (Å²) in [7, 11) is 0. The first-order valence-electron chi connectivity index (χ1n) is 6.34. The molecular formula is C15H23. The van der Waals surface area contributed by atoms with Gasteiger partial charge < -0.3 is 0 Å². The van der Waals surface area contributed by atoms with Gasteiger partial charge in [-0.2, -0.15) is 0 Å². The smallest absolute Gasteiger partial charge is 0.0162 e. The summed E-state index contributed by atoms with van der Waals surface area (Å²) in [6.07, 6.45) is 8.02. The lowest BCUT2D eigenvalue weighted by molar-refractivity contribution is 0.525. The van der Waals surface area contributed by atoms with E-state index in [4.69, 9.17) is 0 Å². The summed E-state index contributed by atoms with van der Waals surface area (Å²) >= 11 is 0. The Kier molecular flexibility index (Phi) is 6.15. The lowest BCUT2D eigenvalue weighted by Crippen LogP contribution is -1.98. The molecule has 1 aromatic carbocycles. The van der Waals surface area contributed by atoms with Gasteiger partial charge in [0.15, 0.2) is 0 Å². The van der Waals surface area contributed by atoms with Crippen LogP contribution in [0.1, 0.15) is 63.9 Å². The van der Waals surface area contributed by atoms with E-state index in [-0.39, 0.29) is 0 Å². The lowest BCUT2D eigenvalue weighted by Gasteiger charge is -2.16. The molecule has 0 heteroatoms. The molecule has 0 spiro atoms. The third kappa shape index (κ3) is 4.51. The van der Waals surface area contributed by atoms with E-state index in [1.165, 1.54) is 44.1 Å². The average Bonchev–Trinajstić information content (AvgIpc) is 2.30. The molecule has 0 heterocycles. The van der Waals surface area contributed by atoms with Crippen LogP contribution >= 0.6 is 0 Å². The first kappa shape index (κ1) is 12.3. The summed E-state index contributed by atoms with van der Waals surface area (Å²) in [4.78, 5) is 0. The molecule has 0 saturated heterocycles. The van der Waals surface area contributed by atoms with Crippen LogP contribution in [0.15, 0.2) is 24.3 Å². The molecule has 0 amide bonds. The molecule has 0 N–H and O–H groups in total. The summed E-state index contributed by atoms with van der Waals surface area (Å²) in [5, 5.41) is 0. The van der Waals surface area contributed by atoms with Crippen molar-refractivity contribution in [3.63, 3.8) is 0 Å². The standard InChI is InChI=1S/C15H23/c1-3-5-10-14(11-6-4-2)15-12-8-7-9-13-15/h8-9,12-14H,3-6,10-11H2,1-2H3. The van der Waals surface area contributed by atoms with E-state index >= 15 is 0 Å². The summed E-state index contributed by atoms with van der Waals surface area (Å²) in [5.41, 5.74) is 1.51. The van der Waals surface area contributed by atoms with E-state index in [2.05, 4.69) is 32.0 Å². The van der Waals surface area contributed by atoms with Crippen LogP contribution in [-0.2, 0) is 0 Å².